The largest absolute Gasteiger partial charge is 0.394 e. The molecule has 3 saturated heterocycles. The minimum absolute atomic E-state index is 0.267. The molecular weight excluding hydrogens is 456 g/mol. The van der Waals surface area contributed by atoms with Crippen LogP contribution in [0.15, 0.2) is 0 Å². The van der Waals surface area contributed by atoms with Crippen LogP contribution in [-0.4, -0.2) is 163 Å². The lowest BCUT2D eigenvalue weighted by Gasteiger charge is -2.47. The molecule has 3 aliphatic heterocycles. The molecule has 0 aromatic heterocycles. The molecule has 3 fully saturated rings. The Morgan fingerprint density at radius 2 is 1.03 bits per heavy atom. The first-order chi connectivity index (χ1) is 15.6. The summed E-state index contributed by atoms with van der Waals surface area (Å²) in [5.74, 6) is 0. The minimum atomic E-state index is -1.84. The fraction of sp³-hybridized carbons (Fsp3) is 1.00. The molecule has 0 aromatic carbocycles. The Kier molecular flexibility index (Phi) is 9.35. The van der Waals surface area contributed by atoms with E-state index >= 15 is 0 Å². The smallest absolute Gasteiger partial charge is 0.187 e. The van der Waals surface area contributed by atoms with E-state index in [2.05, 4.69) is 0 Å². The van der Waals surface area contributed by atoms with Crippen molar-refractivity contribution < 1.29 is 74.7 Å². The highest BCUT2D eigenvalue weighted by atomic mass is 16.7. The van der Waals surface area contributed by atoms with Crippen molar-refractivity contribution in [2.45, 2.75) is 85.8 Å². The number of rotatable bonds is 7. The first kappa shape index (κ1) is 27.0. The first-order valence-electron chi connectivity index (χ1n) is 10.5. The molecule has 3 heterocycles. The summed E-state index contributed by atoms with van der Waals surface area (Å²) in [6.07, 6.45) is -21.7. The molecule has 0 amide bonds. The topological polar surface area (TPSA) is 248 Å². The molecule has 0 spiro atoms. The van der Waals surface area contributed by atoms with Gasteiger partial charge in [-0.2, -0.15) is 0 Å². The van der Waals surface area contributed by atoms with Gasteiger partial charge in [-0.25, -0.2) is 0 Å². The van der Waals surface area contributed by atoms with Gasteiger partial charge in [0.15, 0.2) is 12.6 Å². The maximum atomic E-state index is 10.6. The first-order valence-corrected chi connectivity index (χ1v) is 10.5. The van der Waals surface area contributed by atoms with Crippen LogP contribution in [0.3, 0.4) is 0 Å². The summed E-state index contributed by atoms with van der Waals surface area (Å²) in [7, 11) is 0. The molecule has 3 aliphatic rings. The predicted molar refractivity (Wildman–Crippen MR) is 100 cm³/mol. The standard InChI is InChI=1S/C18H32O15/c19-1-6-10(24)11(25)13(27)17(30-6)33-16-8(3-21)31-18(14(28)12(16)26)32-15-7(2-20)29-4-5(22)9(15)23/h5-28H,1-4H2/t5?,6-,7?,8?,9?,10-,11?,12?,13?,14?,15-,16-,17-,18-/m1/s1. The maximum Gasteiger partial charge on any atom is 0.187 e. The van der Waals surface area contributed by atoms with E-state index in [1.165, 1.54) is 0 Å². The van der Waals surface area contributed by atoms with Gasteiger partial charge in [-0.15, -0.1) is 0 Å². The summed E-state index contributed by atoms with van der Waals surface area (Å²) < 4.78 is 26.8. The van der Waals surface area contributed by atoms with Crippen LogP contribution in [0.5, 0.6) is 0 Å². The summed E-state index contributed by atoms with van der Waals surface area (Å²) in [5, 5.41) is 99.4. The van der Waals surface area contributed by atoms with E-state index in [9.17, 15) is 51.1 Å². The third-order valence-corrected chi connectivity index (χ3v) is 6.01. The van der Waals surface area contributed by atoms with Crippen molar-refractivity contribution in [1.29, 1.82) is 0 Å². The molecule has 33 heavy (non-hydrogen) atoms. The van der Waals surface area contributed by atoms with E-state index in [-0.39, 0.29) is 6.61 Å². The second-order valence-electron chi connectivity index (χ2n) is 8.22. The number of hydrogen-bond acceptors (Lipinski definition) is 15. The monoisotopic (exact) mass is 488 g/mol. The molecule has 14 atom stereocenters. The van der Waals surface area contributed by atoms with E-state index in [4.69, 9.17) is 23.7 Å². The molecule has 0 aliphatic carbocycles. The van der Waals surface area contributed by atoms with Gasteiger partial charge in [0.05, 0.1) is 26.4 Å². The van der Waals surface area contributed by atoms with E-state index in [0.717, 1.165) is 0 Å². The van der Waals surface area contributed by atoms with Crippen molar-refractivity contribution in [3.05, 3.63) is 0 Å². The zero-order valence-corrected chi connectivity index (χ0v) is 17.4. The second kappa shape index (κ2) is 11.4. The fourth-order valence-corrected chi connectivity index (χ4v) is 4.00. The highest BCUT2D eigenvalue weighted by Crippen LogP contribution is 2.31. The van der Waals surface area contributed by atoms with Crippen LogP contribution < -0.4 is 0 Å². The van der Waals surface area contributed by atoms with Gasteiger partial charge in [0.1, 0.15) is 73.2 Å². The maximum absolute atomic E-state index is 10.6. The molecule has 8 unspecified atom stereocenters. The average Bonchev–Trinajstić information content (AvgIpc) is 2.81. The molecule has 0 bridgehead atoms. The number of aliphatic hydroxyl groups excluding tert-OH is 10. The van der Waals surface area contributed by atoms with E-state index in [1.807, 2.05) is 0 Å². The zero-order valence-electron chi connectivity index (χ0n) is 17.4. The summed E-state index contributed by atoms with van der Waals surface area (Å²) in [6, 6.07) is 0. The molecule has 0 aromatic rings. The summed E-state index contributed by atoms with van der Waals surface area (Å²) in [6.45, 7) is -2.36. The van der Waals surface area contributed by atoms with Crippen molar-refractivity contribution >= 4 is 0 Å². The van der Waals surface area contributed by atoms with Gasteiger partial charge in [-0.1, -0.05) is 0 Å². The molecular formula is C18H32O15. The number of aliphatic hydroxyl groups is 10. The normalized spacial score (nSPS) is 51.5. The molecule has 10 N–H and O–H groups in total. The molecule has 0 radical (unpaired) electrons. The lowest BCUT2D eigenvalue weighted by atomic mass is 9.96. The highest BCUT2D eigenvalue weighted by molar-refractivity contribution is 4.95. The Labute approximate surface area is 187 Å². The van der Waals surface area contributed by atoms with Crippen LogP contribution in [0.1, 0.15) is 0 Å². The van der Waals surface area contributed by atoms with Crippen molar-refractivity contribution in [3.8, 4) is 0 Å². The SMILES string of the molecule is OCC1OCC(O)C(O)[C@@H]1O[C@H]1OC(CO)[C@@H](O[C@H]2O[C@H](CO)[C@@H](O)C(O)C2O)C(O)C1O. The Bertz CT molecular complexity index is 605. The van der Waals surface area contributed by atoms with Crippen molar-refractivity contribution in [2.75, 3.05) is 26.4 Å². The lowest BCUT2D eigenvalue weighted by molar-refractivity contribution is -0.371. The van der Waals surface area contributed by atoms with Gasteiger partial charge in [0.2, 0.25) is 0 Å². The van der Waals surface area contributed by atoms with Crippen molar-refractivity contribution in [3.63, 3.8) is 0 Å². The predicted octanol–water partition coefficient (Wildman–Crippen LogP) is -6.89. The third kappa shape index (κ3) is 5.48. The molecule has 15 heteroatoms. The Morgan fingerprint density at radius 1 is 0.545 bits per heavy atom. The average molecular weight is 488 g/mol. The van der Waals surface area contributed by atoms with Crippen molar-refractivity contribution in [1.82, 2.24) is 0 Å². The van der Waals surface area contributed by atoms with Crippen LogP contribution in [0, 0.1) is 0 Å². The van der Waals surface area contributed by atoms with Gasteiger partial charge in [-0.3, -0.25) is 0 Å². The highest BCUT2D eigenvalue weighted by Gasteiger charge is 2.52. The van der Waals surface area contributed by atoms with Crippen molar-refractivity contribution in [2.24, 2.45) is 0 Å². The van der Waals surface area contributed by atoms with E-state index < -0.39 is 106 Å². The fourth-order valence-electron chi connectivity index (χ4n) is 4.00. The van der Waals surface area contributed by atoms with Gasteiger partial charge >= 0.3 is 0 Å². The zero-order chi connectivity index (χ0) is 24.4. The Hall–Kier alpha value is -0.600. The van der Waals surface area contributed by atoms with E-state index in [0.29, 0.717) is 0 Å². The summed E-state index contributed by atoms with van der Waals surface area (Å²) in [5.41, 5.74) is 0. The molecule has 15 nitrogen and oxygen atoms in total. The quantitative estimate of drug-likeness (QED) is 0.160. The summed E-state index contributed by atoms with van der Waals surface area (Å²) in [4.78, 5) is 0. The Morgan fingerprint density at radius 3 is 1.58 bits per heavy atom. The number of ether oxygens (including phenoxy) is 5. The Balaban J connectivity index is 1.71. The van der Waals surface area contributed by atoms with Gasteiger partial charge in [0.25, 0.3) is 0 Å². The minimum Gasteiger partial charge on any atom is -0.394 e. The summed E-state index contributed by atoms with van der Waals surface area (Å²) >= 11 is 0. The van der Waals surface area contributed by atoms with Gasteiger partial charge in [0, 0.05) is 0 Å². The van der Waals surface area contributed by atoms with Gasteiger partial charge < -0.3 is 74.7 Å². The molecule has 0 saturated carbocycles. The van der Waals surface area contributed by atoms with Crippen LogP contribution in [0.25, 0.3) is 0 Å². The van der Waals surface area contributed by atoms with Crippen LogP contribution in [-0.2, 0) is 23.7 Å². The van der Waals surface area contributed by atoms with E-state index in [1.54, 1.807) is 0 Å². The van der Waals surface area contributed by atoms with Crippen LogP contribution in [0.4, 0.5) is 0 Å². The molecule has 194 valence electrons. The van der Waals surface area contributed by atoms with Crippen LogP contribution in [0.2, 0.25) is 0 Å². The molecule has 3 rings (SSSR count). The lowest BCUT2D eigenvalue weighted by Crippen LogP contribution is -2.66. The second-order valence-corrected chi connectivity index (χ2v) is 8.22. The van der Waals surface area contributed by atoms with Crippen LogP contribution >= 0.6 is 0 Å². The van der Waals surface area contributed by atoms with Gasteiger partial charge in [-0.05, 0) is 0 Å². The number of hydrogen-bond donors (Lipinski definition) is 10. The third-order valence-electron chi connectivity index (χ3n) is 6.01.